The maximum absolute atomic E-state index is 12.6. The lowest BCUT2D eigenvalue weighted by Crippen LogP contribution is -2.43. The zero-order chi connectivity index (χ0) is 17.8. The van der Waals surface area contributed by atoms with E-state index < -0.39 is 0 Å². The molecule has 1 fully saturated rings. The molecule has 25 heavy (non-hydrogen) atoms. The predicted molar refractivity (Wildman–Crippen MR) is 99.9 cm³/mol. The first-order chi connectivity index (χ1) is 12.1. The van der Waals surface area contributed by atoms with Gasteiger partial charge in [-0.15, -0.1) is 0 Å². The van der Waals surface area contributed by atoms with Crippen LogP contribution in [0.1, 0.15) is 32.3 Å². The molecular formula is C21H27NO3. The number of rotatable bonds is 5. The van der Waals surface area contributed by atoms with E-state index in [1.54, 1.807) is 7.11 Å². The molecule has 0 aliphatic carbocycles. The van der Waals surface area contributed by atoms with Crippen molar-refractivity contribution in [3.63, 3.8) is 0 Å². The van der Waals surface area contributed by atoms with Gasteiger partial charge in [0.05, 0.1) is 19.6 Å². The fourth-order valence-corrected chi connectivity index (χ4v) is 3.47. The van der Waals surface area contributed by atoms with Gasteiger partial charge < -0.3 is 14.8 Å². The van der Waals surface area contributed by atoms with Crippen molar-refractivity contribution in [1.29, 1.82) is 0 Å². The highest BCUT2D eigenvalue weighted by Gasteiger charge is 2.26. The Hall–Kier alpha value is -2.07. The molecule has 0 saturated carbocycles. The smallest absolute Gasteiger partial charge is 0.224 e. The lowest BCUT2D eigenvalue weighted by atomic mass is 9.95. The molecule has 3 rings (SSSR count). The molecule has 1 heterocycles. The van der Waals surface area contributed by atoms with Gasteiger partial charge in [0, 0.05) is 12.6 Å². The van der Waals surface area contributed by atoms with E-state index >= 15 is 0 Å². The van der Waals surface area contributed by atoms with Crippen LogP contribution < -0.4 is 10.1 Å². The summed E-state index contributed by atoms with van der Waals surface area (Å²) in [4.78, 5) is 12.6. The highest BCUT2D eigenvalue weighted by molar-refractivity contribution is 5.91. The van der Waals surface area contributed by atoms with Crippen molar-refractivity contribution < 1.29 is 14.3 Å². The van der Waals surface area contributed by atoms with Crippen LogP contribution in [-0.2, 0) is 16.0 Å². The number of hydrogen-bond acceptors (Lipinski definition) is 3. The monoisotopic (exact) mass is 341 g/mol. The standard InChI is InChI=1S/C21H27NO3/c1-14(2)20-12-17(9-10-25-20)22-21(23)11-16-6-4-5-15-7-8-18(24-3)13-19(15)16/h4-8,13-14,17,20H,9-12H2,1-3H3,(H,22,23). The van der Waals surface area contributed by atoms with Crippen molar-refractivity contribution in [2.75, 3.05) is 13.7 Å². The lowest BCUT2D eigenvalue weighted by Gasteiger charge is -2.32. The molecule has 4 heteroatoms. The van der Waals surface area contributed by atoms with E-state index in [-0.39, 0.29) is 18.1 Å². The lowest BCUT2D eigenvalue weighted by molar-refractivity contribution is -0.122. The van der Waals surface area contributed by atoms with Gasteiger partial charge in [0.1, 0.15) is 5.75 Å². The molecule has 0 radical (unpaired) electrons. The van der Waals surface area contributed by atoms with Crippen molar-refractivity contribution in [2.45, 2.75) is 45.3 Å². The molecule has 0 spiro atoms. The van der Waals surface area contributed by atoms with Crippen LogP contribution in [0.25, 0.3) is 10.8 Å². The number of fused-ring (bicyclic) bond motifs is 1. The van der Waals surface area contributed by atoms with E-state index in [1.165, 1.54) is 0 Å². The Balaban J connectivity index is 1.69. The second-order valence-electron chi connectivity index (χ2n) is 7.12. The third-order valence-electron chi connectivity index (χ3n) is 4.95. The summed E-state index contributed by atoms with van der Waals surface area (Å²) in [6.07, 6.45) is 2.40. The number of ether oxygens (including phenoxy) is 2. The molecule has 0 bridgehead atoms. The summed E-state index contributed by atoms with van der Waals surface area (Å²) in [5.41, 5.74) is 1.03. The number of hydrogen-bond donors (Lipinski definition) is 1. The molecule has 1 N–H and O–H groups in total. The maximum Gasteiger partial charge on any atom is 0.224 e. The topological polar surface area (TPSA) is 47.6 Å². The normalized spacial score (nSPS) is 20.6. The minimum absolute atomic E-state index is 0.0738. The van der Waals surface area contributed by atoms with Gasteiger partial charge in [-0.25, -0.2) is 0 Å². The number of benzene rings is 2. The van der Waals surface area contributed by atoms with Gasteiger partial charge in [-0.3, -0.25) is 4.79 Å². The number of methoxy groups -OCH3 is 1. The summed E-state index contributed by atoms with van der Waals surface area (Å²) in [6.45, 7) is 5.05. The van der Waals surface area contributed by atoms with Gasteiger partial charge in [0.15, 0.2) is 0 Å². The first-order valence-corrected chi connectivity index (χ1v) is 9.03. The molecule has 1 saturated heterocycles. The van der Waals surface area contributed by atoms with E-state index in [9.17, 15) is 4.79 Å². The highest BCUT2D eigenvalue weighted by Crippen LogP contribution is 2.25. The van der Waals surface area contributed by atoms with Gasteiger partial charge >= 0.3 is 0 Å². The molecule has 2 aromatic carbocycles. The van der Waals surface area contributed by atoms with Gasteiger partial charge in [0.25, 0.3) is 0 Å². The van der Waals surface area contributed by atoms with Crippen molar-refractivity contribution in [1.82, 2.24) is 5.32 Å². The fraction of sp³-hybridized carbons (Fsp3) is 0.476. The summed E-state index contributed by atoms with van der Waals surface area (Å²) in [5, 5.41) is 5.39. The van der Waals surface area contributed by atoms with Crippen molar-refractivity contribution in [3.05, 3.63) is 42.0 Å². The Morgan fingerprint density at radius 3 is 2.92 bits per heavy atom. The largest absolute Gasteiger partial charge is 0.497 e. The van der Waals surface area contributed by atoms with Crippen LogP contribution in [0.3, 0.4) is 0 Å². The van der Waals surface area contributed by atoms with Gasteiger partial charge in [-0.2, -0.15) is 0 Å². The van der Waals surface area contributed by atoms with Crippen LogP contribution >= 0.6 is 0 Å². The summed E-state index contributed by atoms with van der Waals surface area (Å²) in [5.74, 6) is 1.36. The Morgan fingerprint density at radius 1 is 1.32 bits per heavy atom. The zero-order valence-electron chi connectivity index (χ0n) is 15.2. The zero-order valence-corrected chi connectivity index (χ0v) is 15.2. The molecule has 1 aliphatic heterocycles. The first-order valence-electron chi connectivity index (χ1n) is 9.03. The minimum atomic E-state index is 0.0738. The van der Waals surface area contributed by atoms with Crippen LogP contribution in [0, 0.1) is 5.92 Å². The van der Waals surface area contributed by atoms with Crippen LogP contribution in [0.15, 0.2) is 36.4 Å². The van der Waals surface area contributed by atoms with Gasteiger partial charge in [0.2, 0.25) is 5.91 Å². The van der Waals surface area contributed by atoms with E-state index in [2.05, 4.69) is 25.2 Å². The molecule has 2 atom stereocenters. The van der Waals surface area contributed by atoms with E-state index in [4.69, 9.17) is 9.47 Å². The minimum Gasteiger partial charge on any atom is -0.497 e. The summed E-state index contributed by atoms with van der Waals surface area (Å²) >= 11 is 0. The summed E-state index contributed by atoms with van der Waals surface area (Å²) in [7, 11) is 1.66. The summed E-state index contributed by atoms with van der Waals surface area (Å²) < 4.78 is 11.1. The Morgan fingerprint density at radius 2 is 2.16 bits per heavy atom. The fourth-order valence-electron chi connectivity index (χ4n) is 3.47. The molecule has 2 aromatic rings. The average molecular weight is 341 g/mol. The van der Waals surface area contributed by atoms with E-state index in [0.717, 1.165) is 41.5 Å². The van der Waals surface area contributed by atoms with Gasteiger partial charge in [-0.05, 0) is 47.2 Å². The Kier molecular flexibility index (Phi) is 5.59. The maximum atomic E-state index is 12.6. The molecule has 1 amide bonds. The Labute approximate surface area is 149 Å². The second kappa shape index (κ2) is 7.87. The SMILES string of the molecule is COc1ccc2cccc(CC(=O)NC3CCOC(C(C)C)C3)c2c1. The van der Waals surface area contributed by atoms with Crippen molar-refractivity contribution >= 4 is 16.7 Å². The second-order valence-corrected chi connectivity index (χ2v) is 7.12. The molecule has 0 aromatic heterocycles. The van der Waals surface area contributed by atoms with Crippen LogP contribution in [-0.4, -0.2) is 31.8 Å². The summed E-state index contributed by atoms with van der Waals surface area (Å²) in [6, 6.07) is 12.3. The molecule has 2 unspecified atom stereocenters. The van der Waals surface area contributed by atoms with E-state index in [0.29, 0.717) is 12.3 Å². The predicted octanol–water partition coefficient (Wildman–Crippen LogP) is 3.71. The van der Waals surface area contributed by atoms with E-state index in [1.807, 2.05) is 30.3 Å². The molecule has 1 aliphatic rings. The van der Waals surface area contributed by atoms with Crippen molar-refractivity contribution in [3.8, 4) is 5.75 Å². The molecular weight excluding hydrogens is 314 g/mol. The highest BCUT2D eigenvalue weighted by atomic mass is 16.5. The van der Waals surface area contributed by atoms with Crippen molar-refractivity contribution in [2.24, 2.45) is 5.92 Å². The van der Waals surface area contributed by atoms with Crippen LogP contribution in [0.4, 0.5) is 0 Å². The quantitative estimate of drug-likeness (QED) is 0.902. The average Bonchev–Trinajstić information content (AvgIpc) is 2.61. The number of carbonyl (C=O) groups is 1. The van der Waals surface area contributed by atoms with Crippen LogP contribution in [0.5, 0.6) is 5.75 Å². The number of amides is 1. The number of carbonyl (C=O) groups excluding carboxylic acids is 1. The Bertz CT molecular complexity index is 741. The third kappa shape index (κ3) is 4.31. The molecule has 4 nitrogen and oxygen atoms in total. The van der Waals surface area contributed by atoms with Crippen LogP contribution in [0.2, 0.25) is 0 Å². The van der Waals surface area contributed by atoms with Gasteiger partial charge in [-0.1, -0.05) is 38.1 Å². The third-order valence-corrected chi connectivity index (χ3v) is 4.95. The number of nitrogens with one attached hydrogen (secondary N) is 1. The first kappa shape index (κ1) is 17.7. The molecule has 134 valence electrons.